The van der Waals surface area contributed by atoms with Gasteiger partial charge in [0.15, 0.2) is 5.15 Å². The van der Waals surface area contributed by atoms with E-state index >= 15 is 0 Å². The van der Waals surface area contributed by atoms with Crippen LogP contribution >= 0.6 is 11.6 Å². The van der Waals surface area contributed by atoms with Crippen molar-refractivity contribution < 1.29 is 0 Å². The van der Waals surface area contributed by atoms with Crippen molar-refractivity contribution in [2.75, 3.05) is 0 Å². The Balaban J connectivity index is 2.41. The monoisotopic (exact) mass is 261 g/mol. The molecule has 0 unspecified atom stereocenters. The highest BCUT2D eigenvalue weighted by molar-refractivity contribution is 6.31. The van der Waals surface area contributed by atoms with E-state index in [9.17, 15) is 0 Å². The zero-order chi connectivity index (χ0) is 13.3. The molecule has 0 spiro atoms. The van der Waals surface area contributed by atoms with Crippen molar-refractivity contribution in [1.29, 1.82) is 0 Å². The van der Waals surface area contributed by atoms with Crippen molar-refractivity contribution >= 4 is 11.6 Å². The molecule has 0 N–H and O–H groups in total. The molecule has 3 nitrogen and oxygen atoms in total. The summed E-state index contributed by atoms with van der Waals surface area (Å²) in [5, 5.41) is 8.43. The first-order valence-electron chi connectivity index (χ1n) is 5.85. The second-order valence-electron chi connectivity index (χ2n) is 5.33. The number of hydrogen-bond acceptors (Lipinski definition) is 3. The molecular weight excluding hydrogens is 246 g/mol. The molecule has 2 rings (SSSR count). The van der Waals surface area contributed by atoms with Gasteiger partial charge in [0.1, 0.15) is 11.5 Å². The molecule has 1 heterocycles. The predicted molar refractivity (Wildman–Crippen MR) is 73.7 cm³/mol. The summed E-state index contributed by atoms with van der Waals surface area (Å²) in [6.45, 7) is 8.32. The van der Waals surface area contributed by atoms with Crippen molar-refractivity contribution in [2.24, 2.45) is 0 Å². The standard InChI is InChI=1S/C14H16ClN3/c1-9-16-13(15)12(18-17-9)10-5-7-11(8-6-10)14(2,3)4/h5-8H,1-4H3. The lowest BCUT2D eigenvalue weighted by Crippen LogP contribution is -2.10. The van der Waals surface area contributed by atoms with Crippen LogP contribution in [0, 0.1) is 6.92 Å². The van der Waals surface area contributed by atoms with E-state index < -0.39 is 0 Å². The van der Waals surface area contributed by atoms with Crippen LogP contribution in [0.3, 0.4) is 0 Å². The number of nitrogens with zero attached hydrogens (tertiary/aromatic N) is 3. The Morgan fingerprint density at radius 2 is 1.61 bits per heavy atom. The lowest BCUT2D eigenvalue weighted by molar-refractivity contribution is 0.590. The molecule has 0 amide bonds. The summed E-state index contributed by atoms with van der Waals surface area (Å²) in [6, 6.07) is 8.20. The number of hydrogen-bond donors (Lipinski definition) is 0. The molecule has 94 valence electrons. The van der Waals surface area contributed by atoms with Crippen molar-refractivity contribution in [3.05, 3.63) is 40.8 Å². The summed E-state index contributed by atoms with van der Waals surface area (Å²) in [5.41, 5.74) is 2.98. The van der Waals surface area contributed by atoms with Gasteiger partial charge in [-0.15, -0.1) is 10.2 Å². The van der Waals surface area contributed by atoms with Gasteiger partial charge in [-0.2, -0.15) is 0 Å². The second-order valence-corrected chi connectivity index (χ2v) is 5.68. The SMILES string of the molecule is Cc1nnc(-c2ccc(C(C)(C)C)cc2)c(Cl)n1. The van der Waals surface area contributed by atoms with Crippen LogP contribution in [-0.2, 0) is 5.41 Å². The van der Waals surface area contributed by atoms with E-state index in [0.29, 0.717) is 16.7 Å². The second kappa shape index (κ2) is 4.65. The van der Waals surface area contributed by atoms with E-state index in [0.717, 1.165) is 5.56 Å². The molecule has 1 aromatic heterocycles. The van der Waals surface area contributed by atoms with E-state index in [1.54, 1.807) is 6.92 Å². The summed E-state index contributed by atoms with van der Waals surface area (Å²) in [5.74, 6) is 0.579. The van der Waals surface area contributed by atoms with Crippen LogP contribution in [-0.4, -0.2) is 15.2 Å². The molecular formula is C14H16ClN3. The van der Waals surface area contributed by atoms with E-state index in [2.05, 4.69) is 48.1 Å². The highest BCUT2D eigenvalue weighted by Gasteiger charge is 2.14. The summed E-state index contributed by atoms with van der Waals surface area (Å²) in [7, 11) is 0. The fraction of sp³-hybridized carbons (Fsp3) is 0.357. The van der Waals surface area contributed by atoms with E-state index in [-0.39, 0.29) is 5.41 Å². The van der Waals surface area contributed by atoms with Gasteiger partial charge in [-0.1, -0.05) is 56.6 Å². The number of halogens is 1. The minimum Gasteiger partial charge on any atom is -0.217 e. The molecule has 0 saturated carbocycles. The Labute approximate surface area is 112 Å². The summed E-state index contributed by atoms with van der Waals surface area (Å²) >= 11 is 6.08. The van der Waals surface area contributed by atoms with Gasteiger partial charge < -0.3 is 0 Å². The minimum atomic E-state index is 0.138. The summed E-state index contributed by atoms with van der Waals surface area (Å²) < 4.78 is 0. The zero-order valence-electron chi connectivity index (χ0n) is 11.0. The third kappa shape index (κ3) is 2.67. The highest BCUT2D eigenvalue weighted by Crippen LogP contribution is 2.27. The fourth-order valence-electron chi connectivity index (χ4n) is 1.69. The zero-order valence-corrected chi connectivity index (χ0v) is 11.8. The molecule has 0 fully saturated rings. The van der Waals surface area contributed by atoms with Gasteiger partial charge >= 0.3 is 0 Å². The maximum Gasteiger partial charge on any atom is 0.159 e. The van der Waals surface area contributed by atoms with Crippen molar-refractivity contribution in [1.82, 2.24) is 15.2 Å². The molecule has 4 heteroatoms. The first kappa shape index (κ1) is 13.0. The number of aryl methyl sites for hydroxylation is 1. The van der Waals surface area contributed by atoms with Gasteiger partial charge in [0.05, 0.1) is 0 Å². The van der Waals surface area contributed by atoms with Gasteiger partial charge in [-0.25, -0.2) is 4.98 Å². The molecule has 0 atom stereocenters. The number of rotatable bonds is 1. The first-order valence-corrected chi connectivity index (χ1v) is 6.23. The Morgan fingerprint density at radius 3 is 2.11 bits per heavy atom. The maximum absolute atomic E-state index is 6.08. The minimum absolute atomic E-state index is 0.138. The van der Waals surface area contributed by atoms with Crippen LogP contribution in [0.2, 0.25) is 5.15 Å². The quantitative estimate of drug-likeness (QED) is 0.784. The van der Waals surface area contributed by atoms with Crippen molar-refractivity contribution in [3.8, 4) is 11.3 Å². The van der Waals surface area contributed by atoms with Crippen LogP contribution in [0.15, 0.2) is 24.3 Å². The van der Waals surface area contributed by atoms with Gasteiger partial charge in [0.25, 0.3) is 0 Å². The fourth-order valence-corrected chi connectivity index (χ4v) is 1.96. The number of aromatic nitrogens is 3. The average Bonchev–Trinajstić information content (AvgIpc) is 2.28. The van der Waals surface area contributed by atoms with Gasteiger partial charge in [0.2, 0.25) is 0 Å². The maximum atomic E-state index is 6.08. The van der Waals surface area contributed by atoms with Crippen molar-refractivity contribution in [3.63, 3.8) is 0 Å². The van der Waals surface area contributed by atoms with Gasteiger partial charge in [-0.05, 0) is 17.9 Å². The molecule has 0 saturated heterocycles. The van der Waals surface area contributed by atoms with E-state index in [4.69, 9.17) is 11.6 Å². The Hall–Kier alpha value is -1.48. The van der Waals surface area contributed by atoms with Crippen LogP contribution in [0.1, 0.15) is 32.2 Å². The van der Waals surface area contributed by atoms with Crippen molar-refractivity contribution in [2.45, 2.75) is 33.1 Å². The Bertz CT molecular complexity index is 556. The molecule has 0 aliphatic carbocycles. The van der Waals surface area contributed by atoms with E-state index in [1.165, 1.54) is 5.56 Å². The van der Waals surface area contributed by atoms with Crippen LogP contribution in [0.25, 0.3) is 11.3 Å². The Morgan fingerprint density at radius 1 is 1.00 bits per heavy atom. The predicted octanol–water partition coefficient (Wildman–Crippen LogP) is 3.80. The van der Waals surface area contributed by atoms with Crippen LogP contribution in [0.4, 0.5) is 0 Å². The molecule has 0 aliphatic rings. The largest absolute Gasteiger partial charge is 0.217 e. The Kier molecular flexibility index (Phi) is 3.35. The molecule has 0 bridgehead atoms. The molecule has 2 aromatic rings. The molecule has 18 heavy (non-hydrogen) atoms. The van der Waals surface area contributed by atoms with Gasteiger partial charge in [0, 0.05) is 5.56 Å². The topological polar surface area (TPSA) is 38.7 Å². The summed E-state index contributed by atoms with van der Waals surface area (Å²) in [4.78, 5) is 4.11. The smallest absolute Gasteiger partial charge is 0.159 e. The third-order valence-corrected chi connectivity index (χ3v) is 3.04. The third-order valence-electron chi connectivity index (χ3n) is 2.77. The lowest BCUT2D eigenvalue weighted by Gasteiger charge is -2.19. The molecule has 0 aliphatic heterocycles. The van der Waals surface area contributed by atoms with Crippen LogP contribution < -0.4 is 0 Å². The molecule has 1 aromatic carbocycles. The first-order chi connectivity index (χ1) is 8.38. The van der Waals surface area contributed by atoms with Crippen LogP contribution in [0.5, 0.6) is 0 Å². The lowest BCUT2D eigenvalue weighted by atomic mass is 9.86. The van der Waals surface area contributed by atoms with Gasteiger partial charge in [-0.3, -0.25) is 0 Å². The molecule has 0 radical (unpaired) electrons. The highest BCUT2D eigenvalue weighted by atomic mass is 35.5. The summed E-state index contributed by atoms with van der Waals surface area (Å²) in [6.07, 6.45) is 0. The van der Waals surface area contributed by atoms with E-state index in [1.807, 2.05) is 12.1 Å². The normalized spacial score (nSPS) is 11.6. The average molecular weight is 262 g/mol. The number of benzene rings is 1.